The number of sulfonamides is 1. The predicted octanol–water partition coefficient (Wildman–Crippen LogP) is 4.49. The number of aromatic nitrogens is 2. The van der Waals surface area contributed by atoms with Gasteiger partial charge in [-0.3, -0.25) is 0 Å². The minimum absolute atomic E-state index is 0.0900. The van der Waals surface area contributed by atoms with E-state index in [0.29, 0.717) is 29.7 Å². The van der Waals surface area contributed by atoms with Crippen molar-refractivity contribution in [1.29, 1.82) is 0 Å². The van der Waals surface area contributed by atoms with Crippen LogP contribution in [0.2, 0.25) is 0 Å². The Hall–Kier alpha value is -2.51. The lowest BCUT2D eigenvalue weighted by Crippen LogP contribution is -2.39. The van der Waals surface area contributed by atoms with Crippen molar-refractivity contribution < 1.29 is 12.9 Å². The Bertz CT molecular complexity index is 1190. The molecule has 7 heteroatoms. The highest BCUT2D eigenvalue weighted by Gasteiger charge is 2.33. The Kier molecular flexibility index (Phi) is 5.40. The molecule has 5 rings (SSSR count). The molecule has 1 fully saturated rings. The summed E-state index contributed by atoms with van der Waals surface area (Å²) >= 11 is 0. The zero-order valence-corrected chi connectivity index (χ0v) is 18.6. The van der Waals surface area contributed by atoms with Gasteiger partial charge in [0.05, 0.1) is 10.8 Å². The molecule has 0 spiro atoms. The quantitative estimate of drug-likeness (QED) is 0.601. The van der Waals surface area contributed by atoms with Crippen LogP contribution in [0.3, 0.4) is 0 Å². The van der Waals surface area contributed by atoms with Gasteiger partial charge in [-0.2, -0.15) is 9.29 Å². The largest absolute Gasteiger partial charge is 0.339 e. The molecule has 2 heterocycles. The van der Waals surface area contributed by atoms with E-state index in [1.807, 2.05) is 43.3 Å². The number of fused-ring (bicyclic) bond motifs is 1. The molecule has 0 N–H and O–H groups in total. The van der Waals surface area contributed by atoms with Crippen molar-refractivity contribution in [3.05, 3.63) is 65.0 Å². The van der Waals surface area contributed by atoms with Gasteiger partial charge in [-0.25, -0.2) is 8.42 Å². The van der Waals surface area contributed by atoms with Crippen LogP contribution in [-0.4, -0.2) is 36.0 Å². The molecule has 2 aromatic carbocycles. The number of hydrogen-bond acceptors (Lipinski definition) is 5. The van der Waals surface area contributed by atoms with Crippen molar-refractivity contribution in [3.8, 4) is 11.4 Å². The summed E-state index contributed by atoms with van der Waals surface area (Å²) in [6, 6.07) is 13.6. The Morgan fingerprint density at radius 2 is 1.77 bits per heavy atom. The third-order valence-corrected chi connectivity index (χ3v) is 8.30. The van der Waals surface area contributed by atoms with E-state index in [4.69, 9.17) is 4.52 Å². The smallest absolute Gasteiger partial charge is 0.243 e. The van der Waals surface area contributed by atoms with Gasteiger partial charge in [0.15, 0.2) is 0 Å². The zero-order chi connectivity index (χ0) is 21.4. The molecule has 0 bridgehead atoms. The lowest BCUT2D eigenvalue weighted by molar-refractivity contribution is 0.265. The molecular formula is C24H27N3O3S. The summed E-state index contributed by atoms with van der Waals surface area (Å²) in [6.45, 7) is 2.93. The van der Waals surface area contributed by atoms with Crippen LogP contribution in [0.1, 0.15) is 54.2 Å². The predicted molar refractivity (Wildman–Crippen MR) is 118 cm³/mol. The molecule has 0 radical (unpaired) electrons. The second-order valence-electron chi connectivity index (χ2n) is 8.66. The molecule has 0 saturated carbocycles. The van der Waals surface area contributed by atoms with Crippen LogP contribution in [0.15, 0.2) is 51.9 Å². The summed E-state index contributed by atoms with van der Waals surface area (Å²) in [6.07, 6.45) is 5.93. The summed E-state index contributed by atoms with van der Waals surface area (Å²) in [7, 11) is -3.54. The Labute approximate surface area is 183 Å². The first-order valence-corrected chi connectivity index (χ1v) is 12.5. The molecule has 6 nitrogen and oxygen atoms in total. The molecule has 1 saturated heterocycles. The summed E-state index contributed by atoms with van der Waals surface area (Å²) in [4.78, 5) is 4.98. The van der Waals surface area contributed by atoms with Gasteiger partial charge >= 0.3 is 0 Å². The molecule has 1 aliphatic heterocycles. The fourth-order valence-electron chi connectivity index (χ4n) is 4.60. The van der Waals surface area contributed by atoms with Crippen molar-refractivity contribution in [2.75, 3.05) is 13.1 Å². The Morgan fingerprint density at radius 3 is 2.58 bits per heavy atom. The van der Waals surface area contributed by atoms with Gasteiger partial charge in [0, 0.05) is 18.7 Å². The highest BCUT2D eigenvalue weighted by atomic mass is 32.2. The summed E-state index contributed by atoms with van der Waals surface area (Å²) < 4.78 is 33.9. The van der Waals surface area contributed by atoms with Crippen molar-refractivity contribution >= 4 is 10.0 Å². The first-order chi connectivity index (χ1) is 15.0. The molecule has 31 heavy (non-hydrogen) atoms. The first kappa shape index (κ1) is 20.4. The first-order valence-electron chi connectivity index (χ1n) is 11.0. The molecule has 2 aliphatic rings. The second-order valence-corrected chi connectivity index (χ2v) is 10.6. The third-order valence-electron chi connectivity index (χ3n) is 6.44. The fourth-order valence-corrected chi connectivity index (χ4v) is 6.18. The summed E-state index contributed by atoms with van der Waals surface area (Å²) in [5, 5.41) is 4.13. The fraction of sp³-hybridized carbons (Fsp3) is 0.417. The SMILES string of the molecule is Cc1ccc(-c2noc([C@H]3CCCN(S(=O)(=O)c4ccc5c(c4)CCCC5)C3)n2)cc1. The highest BCUT2D eigenvalue weighted by Crippen LogP contribution is 2.32. The lowest BCUT2D eigenvalue weighted by atomic mass is 9.92. The minimum Gasteiger partial charge on any atom is -0.339 e. The molecule has 1 aromatic heterocycles. The molecular weight excluding hydrogens is 410 g/mol. The van der Waals surface area contributed by atoms with E-state index in [2.05, 4.69) is 10.1 Å². The van der Waals surface area contributed by atoms with Crippen molar-refractivity contribution in [3.63, 3.8) is 0 Å². The van der Waals surface area contributed by atoms with Crippen molar-refractivity contribution in [2.45, 2.75) is 56.3 Å². The van der Waals surface area contributed by atoms with Crippen LogP contribution >= 0.6 is 0 Å². The number of rotatable bonds is 4. The van der Waals surface area contributed by atoms with Crippen LogP contribution in [0, 0.1) is 6.92 Å². The summed E-state index contributed by atoms with van der Waals surface area (Å²) in [5.41, 5.74) is 4.54. The van der Waals surface area contributed by atoms with E-state index >= 15 is 0 Å². The zero-order valence-electron chi connectivity index (χ0n) is 17.8. The van der Waals surface area contributed by atoms with Crippen molar-refractivity contribution in [1.82, 2.24) is 14.4 Å². The van der Waals surface area contributed by atoms with Crippen LogP contribution < -0.4 is 0 Å². The number of aryl methyl sites for hydroxylation is 3. The second kappa shape index (κ2) is 8.20. The summed E-state index contributed by atoms with van der Waals surface area (Å²) in [5.74, 6) is 0.971. The van der Waals surface area contributed by atoms with Crippen LogP contribution in [0.4, 0.5) is 0 Å². The van der Waals surface area contributed by atoms with E-state index in [0.717, 1.165) is 37.7 Å². The van der Waals surface area contributed by atoms with E-state index in [-0.39, 0.29) is 5.92 Å². The number of piperidine rings is 1. The molecule has 0 amide bonds. The Morgan fingerprint density at radius 1 is 1.00 bits per heavy atom. The van der Waals surface area contributed by atoms with E-state index < -0.39 is 10.0 Å². The standard InChI is InChI=1S/C24H27N3O3S/c1-17-8-10-19(11-9-17)23-25-24(30-26-23)21-7-4-14-27(16-21)31(28,29)22-13-12-18-5-2-3-6-20(18)15-22/h8-13,15,21H,2-7,14,16H2,1H3/t21-/m0/s1. The van der Waals surface area contributed by atoms with Gasteiger partial charge < -0.3 is 4.52 Å². The van der Waals surface area contributed by atoms with E-state index in [1.54, 1.807) is 10.4 Å². The third kappa shape index (κ3) is 4.04. The van der Waals surface area contributed by atoms with E-state index in [1.165, 1.54) is 23.1 Å². The minimum atomic E-state index is -3.54. The lowest BCUT2D eigenvalue weighted by Gasteiger charge is -2.30. The van der Waals surface area contributed by atoms with Crippen LogP contribution in [-0.2, 0) is 22.9 Å². The average molecular weight is 438 g/mol. The van der Waals surface area contributed by atoms with E-state index in [9.17, 15) is 8.42 Å². The Balaban J connectivity index is 1.36. The topological polar surface area (TPSA) is 76.3 Å². The van der Waals surface area contributed by atoms with Gasteiger partial charge in [0.1, 0.15) is 0 Å². The highest BCUT2D eigenvalue weighted by molar-refractivity contribution is 7.89. The van der Waals surface area contributed by atoms with Gasteiger partial charge in [0.25, 0.3) is 0 Å². The molecule has 0 unspecified atom stereocenters. The molecule has 162 valence electrons. The average Bonchev–Trinajstić information content (AvgIpc) is 3.30. The van der Waals surface area contributed by atoms with Gasteiger partial charge in [0.2, 0.25) is 21.7 Å². The monoisotopic (exact) mass is 437 g/mol. The van der Waals surface area contributed by atoms with Crippen LogP contribution in [0.25, 0.3) is 11.4 Å². The number of benzene rings is 2. The van der Waals surface area contributed by atoms with Gasteiger partial charge in [-0.05, 0) is 68.7 Å². The maximum Gasteiger partial charge on any atom is 0.243 e. The number of hydrogen-bond donors (Lipinski definition) is 0. The maximum absolute atomic E-state index is 13.4. The maximum atomic E-state index is 13.4. The van der Waals surface area contributed by atoms with Gasteiger partial charge in [-0.1, -0.05) is 41.1 Å². The van der Waals surface area contributed by atoms with Crippen molar-refractivity contribution in [2.24, 2.45) is 0 Å². The molecule has 3 aromatic rings. The van der Waals surface area contributed by atoms with Crippen LogP contribution in [0.5, 0.6) is 0 Å². The number of nitrogens with zero attached hydrogens (tertiary/aromatic N) is 3. The van der Waals surface area contributed by atoms with Gasteiger partial charge in [-0.15, -0.1) is 0 Å². The molecule has 1 atom stereocenters. The normalized spacial score (nSPS) is 19.8. The molecule has 1 aliphatic carbocycles.